The number of hydrogen-bond acceptors (Lipinski definition) is 5. The van der Waals surface area contributed by atoms with Crippen LogP contribution in [-0.2, 0) is 24.5 Å². The van der Waals surface area contributed by atoms with Crippen molar-refractivity contribution < 1.29 is 23.9 Å². The van der Waals surface area contributed by atoms with Crippen LogP contribution < -0.4 is 5.32 Å². The minimum Gasteiger partial charge on any atom is -0.466 e. The second-order valence-electron chi connectivity index (χ2n) is 10.6. The van der Waals surface area contributed by atoms with Crippen molar-refractivity contribution in [1.82, 2.24) is 15.1 Å². The summed E-state index contributed by atoms with van der Waals surface area (Å²) in [4.78, 5) is 53.8. The molecule has 1 aromatic rings. The number of ether oxygens (including phenoxy) is 1. The number of nitrogens with one attached hydrogen (secondary N) is 1. The van der Waals surface area contributed by atoms with Gasteiger partial charge in [0.05, 0.1) is 19.1 Å². The fraction of sp³-hybridized carbons (Fsp3) is 0.630. The molecule has 0 saturated carbocycles. The van der Waals surface area contributed by atoms with Crippen LogP contribution in [0.25, 0.3) is 0 Å². The molecule has 194 valence electrons. The molecule has 2 rings (SSSR count). The van der Waals surface area contributed by atoms with E-state index in [9.17, 15) is 19.2 Å². The number of hydrogen-bond donors (Lipinski definition) is 1. The highest BCUT2D eigenvalue weighted by Crippen LogP contribution is 2.22. The van der Waals surface area contributed by atoms with Crippen LogP contribution in [0.5, 0.6) is 0 Å². The SMILES string of the molecule is CCOC(=O)C1CCN(C(=O)CN(C)C(=O)C(NC(=O)c2ccc(C(C)(C)C)cc2)C(C)C)CC1. The first-order chi connectivity index (χ1) is 16.3. The van der Waals surface area contributed by atoms with E-state index >= 15 is 0 Å². The van der Waals surface area contributed by atoms with Crippen LogP contribution in [0.4, 0.5) is 0 Å². The maximum absolute atomic E-state index is 13.1. The first-order valence-corrected chi connectivity index (χ1v) is 12.5. The smallest absolute Gasteiger partial charge is 0.309 e. The zero-order valence-corrected chi connectivity index (χ0v) is 22.2. The molecular formula is C27H41N3O5. The van der Waals surface area contributed by atoms with Gasteiger partial charge in [0.15, 0.2) is 0 Å². The molecule has 0 spiro atoms. The number of rotatable bonds is 8. The molecule has 1 N–H and O–H groups in total. The van der Waals surface area contributed by atoms with Crippen LogP contribution in [0.15, 0.2) is 24.3 Å². The van der Waals surface area contributed by atoms with E-state index in [-0.39, 0.29) is 47.5 Å². The highest BCUT2D eigenvalue weighted by atomic mass is 16.5. The quantitative estimate of drug-likeness (QED) is 0.569. The van der Waals surface area contributed by atoms with Crippen molar-refractivity contribution in [3.05, 3.63) is 35.4 Å². The number of nitrogens with zero attached hydrogens (tertiary/aromatic N) is 2. The molecule has 3 amide bonds. The van der Waals surface area contributed by atoms with Gasteiger partial charge in [-0.05, 0) is 48.8 Å². The van der Waals surface area contributed by atoms with E-state index in [0.29, 0.717) is 38.1 Å². The third-order valence-electron chi connectivity index (χ3n) is 6.45. The van der Waals surface area contributed by atoms with Gasteiger partial charge < -0.3 is 19.9 Å². The molecular weight excluding hydrogens is 446 g/mol. The van der Waals surface area contributed by atoms with Gasteiger partial charge in [0.2, 0.25) is 11.8 Å². The Morgan fingerprint density at radius 3 is 2.14 bits per heavy atom. The highest BCUT2D eigenvalue weighted by Gasteiger charge is 2.31. The lowest BCUT2D eigenvalue weighted by molar-refractivity contribution is -0.151. The van der Waals surface area contributed by atoms with E-state index < -0.39 is 6.04 Å². The van der Waals surface area contributed by atoms with E-state index in [1.165, 1.54) is 4.90 Å². The van der Waals surface area contributed by atoms with Crippen molar-refractivity contribution in [2.24, 2.45) is 11.8 Å². The lowest BCUT2D eigenvalue weighted by Crippen LogP contribution is -2.53. The van der Waals surface area contributed by atoms with E-state index in [1.807, 2.05) is 26.0 Å². The largest absolute Gasteiger partial charge is 0.466 e. The molecule has 1 fully saturated rings. The first-order valence-electron chi connectivity index (χ1n) is 12.5. The van der Waals surface area contributed by atoms with Crippen molar-refractivity contribution in [2.75, 3.05) is 33.3 Å². The van der Waals surface area contributed by atoms with Crippen LogP contribution >= 0.6 is 0 Å². The summed E-state index contributed by atoms with van der Waals surface area (Å²) >= 11 is 0. The maximum Gasteiger partial charge on any atom is 0.309 e. The Morgan fingerprint density at radius 2 is 1.66 bits per heavy atom. The number of carbonyl (C=O) groups excluding carboxylic acids is 4. The Morgan fingerprint density at radius 1 is 1.09 bits per heavy atom. The predicted molar refractivity (Wildman–Crippen MR) is 135 cm³/mol. The van der Waals surface area contributed by atoms with E-state index in [0.717, 1.165) is 5.56 Å². The third kappa shape index (κ3) is 7.80. The summed E-state index contributed by atoms with van der Waals surface area (Å²) in [6, 6.07) is 6.64. The molecule has 1 aromatic carbocycles. The summed E-state index contributed by atoms with van der Waals surface area (Å²) in [7, 11) is 1.57. The fourth-order valence-electron chi connectivity index (χ4n) is 4.10. The van der Waals surface area contributed by atoms with E-state index in [4.69, 9.17) is 4.74 Å². The number of carbonyl (C=O) groups is 4. The Balaban J connectivity index is 1.95. The van der Waals surface area contributed by atoms with Crippen LogP contribution in [0.1, 0.15) is 70.3 Å². The van der Waals surface area contributed by atoms with Gasteiger partial charge in [0, 0.05) is 25.7 Å². The Bertz CT molecular complexity index is 896. The van der Waals surface area contributed by atoms with Crippen molar-refractivity contribution in [3.8, 4) is 0 Å². The zero-order valence-electron chi connectivity index (χ0n) is 22.2. The Hall–Kier alpha value is -2.90. The molecule has 0 bridgehead atoms. The van der Waals surface area contributed by atoms with E-state index in [2.05, 4.69) is 26.1 Å². The normalized spacial score (nSPS) is 15.5. The van der Waals surface area contributed by atoms with Crippen molar-refractivity contribution >= 4 is 23.7 Å². The summed E-state index contributed by atoms with van der Waals surface area (Å²) in [5.41, 5.74) is 1.59. The lowest BCUT2D eigenvalue weighted by atomic mass is 9.86. The third-order valence-corrected chi connectivity index (χ3v) is 6.45. The minimum absolute atomic E-state index is 0.0191. The van der Waals surface area contributed by atoms with E-state index in [1.54, 1.807) is 31.0 Å². The number of amides is 3. The molecule has 1 aliphatic rings. The number of esters is 1. The second-order valence-corrected chi connectivity index (χ2v) is 10.6. The van der Waals surface area contributed by atoms with Crippen LogP contribution in [0.2, 0.25) is 0 Å². The molecule has 35 heavy (non-hydrogen) atoms. The zero-order chi connectivity index (χ0) is 26.3. The van der Waals surface area contributed by atoms with Crippen molar-refractivity contribution in [2.45, 2.75) is 65.8 Å². The number of piperidine rings is 1. The number of likely N-dealkylation sites (N-methyl/N-ethyl adjacent to an activating group) is 1. The van der Waals surface area contributed by atoms with Crippen molar-refractivity contribution in [1.29, 1.82) is 0 Å². The van der Waals surface area contributed by atoms with Crippen molar-refractivity contribution in [3.63, 3.8) is 0 Å². The van der Waals surface area contributed by atoms with Crippen LogP contribution in [0.3, 0.4) is 0 Å². The van der Waals surface area contributed by atoms with Gasteiger partial charge in [0.1, 0.15) is 6.04 Å². The fourth-order valence-corrected chi connectivity index (χ4v) is 4.10. The maximum atomic E-state index is 13.1. The van der Waals surface area contributed by atoms with Crippen LogP contribution in [-0.4, -0.2) is 72.8 Å². The summed E-state index contributed by atoms with van der Waals surface area (Å²) in [5.74, 6) is -1.35. The predicted octanol–water partition coefficient (Wildman–Crippen LogP) is 3.00. The molecule has 1 heterocycles. The summed E-state index contributed by atoms with van der Waals surface area (Å²) in [5, 5.41) is 2.85. The van der Waals surface area contributed by atoms with Gasteiger partial charge in [0.25, 0.3) is 5.91 Å². The topological polar surface area (TPSA) is 96.0 Å². The average molecular weight is 488 g/mol. The summed E-state index contributed by atoms with van der Waals surface area (Å²) in [6.45, 7) is 13.0. The monoisotopic (exact) mass is 487 g/mol. The van der Waals surface area contributed by atoms with Gasteiger partial charge in [-0.1, -0.05) is 46.8 Å². The molecule has 1 unspecified atom stereocenters. The molecule has 1 saturated heterocycles. The molecule has 0 radical (unpaired) electrons. The number of likely N-dealkylation sites (tertiary alicyclic amines) is 1. The summed E-state index contributed by atoms with van der Waals surface area (Å²) in [6.07, 6.45) is 1.11. The van der Waals surface area contributed by atoms with Gasteiger partial charge in [-0.15, -0.1) is 0 Å². The van der Waals surface area contributed by atoms with Gasteiger partial charge in [-0.3, -0.25) is 19.2 Å². The lowest BCUT2D eigenvalue weighted by Gasteiger charge is -2.33. The molecule has 0 aliphatic carbocycles. The average Bonchev–Trinajstić information content (AvgIpc) is 2.81. The molecule has 1 aliphatic heterocycles. The Kier molecular flexibility index (Phi) is 9.86. The molecule has 8 nitrogen and oxygen atoms in total. The van der Waals surface area contributed by atoms with Crippen LogP contribution in [0, 0.1) is 11.8 Å². The number of benzene rings is 1. The summed E-state index contributed by atoms with van der Waals surface area (Å²) < 4.78 is 5.08. The van der Waals surface area contributed by atoms with Gasteiger partial charge >= 0.3 is 5.97 Å². The minimum atomic E-state index is -0.753. The first kappa shape index (κ1) is 28.3. The molecule has 8 heteroatoms. The van der Waals surface area contributed by atoms with Gasteiger partial charge in [-0.2, -0.15) is 0 Å². The Labute approximate surface area is 209 Å². The standard InChI is InChI=1S/C27H41N3O5/c1-8-35-26(34)20-13-15-30(16-14-20)22(31)17-29(7)25(33)23(18(2)3)28-24(32)19-9-11-21(12-10-19)27(4,5)6/h9-12,18,20,23H,8,13-17H2,1-7H3,(H,28,32). The second kappa shape index (κ2) is 12.2. The highest BCUT2D eigenvalue weighted by molar-refractivity contribution is 5.98. The van der Waals surface area contributed by atoms with Gasteiger partial charge in [-0.25, -0.2) is 0 Å². The molecule has 0 aromatic heterocycles. The molecule has 1 atom stereocenters.